The van der Waals surface area contributed by atoms with E-state index in [1.807, 2.05) is 25.7 Å². The lowest BCUT2D eigenvalue weighted by molar-refractivity contribution is 0.000452. The fourth-order valence-corrected chi connectivity index (χ4v) is 3.27. The molecule has 4 heteroatoms. The lowest BCUT2D eigenvalue weighted by Crippen LogP contribution is -2.56. The highest BCUT2D eigenvalue weighted by molar-refractivity contribution is 5.68. The number of nitrogens with zero attached hydrogens (tertiary/aromatic N) is 1. The van der Waals surface area contributed by atoms with E-state index in [2.05, 4.69) is 0 Å². The average Bonchev–Trinajstić information content (AvgIpc) is 2.69. The molecule has 2 rings (SSSR count). The fraction of sp³-hybridized carbons (Fsp3) is 0.929. The summed E-state index contributed by atoms with van der Waals surface area (Å²) in [5.74, 6) is 0. The van der Waals surface area contributed by atoms with Gasteiger partial charge in [-0.05, 0) is 40.0 Å². The maximum atomic E-state index is 12.1. The minimum absolute atomic E-state index is 0.162. The van der Waals surface area contributed by atoms with Crippen LogP contribution in [0.3, 0.4) is 0 Å². The zero-order valence-electron chi connectivity index (χ0n) is 11.9. The number of nitrogens with two attached hydrogens (primary N) is 1. The number of likely N-dealkylation sites (tertiary alicyclic amines) is 1. The number of ether oxygens (including phenoxy) is 1. The van der Waals surface area contributed by atoms with E-state index in [-0.39, 0.29) is 17.6 Å². The zero-order chi connectivity index (χ0) is 13.4. The van der Waals surface area contributed by atoms with Crippen LogP contribution in [0, 0.1) is 5.41 Å². The van der Waals surface area contributed by atoms with Crippen molar-refractivity contribution in [3.63, 3.8) is 0 Å². The van der Waals surface area contributed by atoms with Gasteiger partial charge in [0, 0.05) is 24.5 Å². The second kappa shape index (κ2) is 4.72. The number of amides is 1. The number of piperidine rings is 1. The Labute approximate surface area is 110 Å². The smallest absolute Gasteiger partial charge is 0.410 e. The highest BCUT2D eigenvalue weighted by Gasteiger charge is 2.45. The quantitative estimate of drug-likeness (QED) is 0.722. The van der Waals surface area contributed by atoms with E-state index in [0.717, 1.165) is 32.4 Å². The summed E-state index contributed by atoms with van der Waals surface area (Å²) < 4.78 is 5.46. The third-order valence-corrected chi connectivity index (χ3v) is 4.25. The predicted octanol–water partition coefficient (Wildman–Crippen LogP) is 2.51. The van der Waals surface area contributed by atoms with Crippen LogP contribution >= 0.6 is 0 Å². The molecule has 2 aliphatic rings. The normalized spacial score (nSPS) is 27.6. The monoisotopic (exact) mass is 254 g/mol. The van der Waals surface area contributed by atoms with E-state index < -0.39 is 5.60 Å². The molecule has 1 spiro atoms. The second-order valence-electron chi connectivity index (χ2n) is 6.87. The fourth-order valence-electron chi connectivity index (χ4n) is 3.27. The van der Waals surface area contributed by atoms with Crippen molar-refractivity contribution in [1.82, 2.24) is 4.90 Å². The van der Waals surface area contributed by atoms with Crippen LogP contribution in [-0.4, -0.2) is 35.7 Å². The van der Waals surface area contributed by atoms with Gasteiger partial charge in [0.2, 0.25) is 0 Å². The van der Waals surface area contributed by atoms with Gasteiger partial charge in [-0.3, -0.25) is 0 Å². The third kappa shape index (κ3) is 2.79. The van der Waals surface area contributed by atoms with Gasteiger partial charge < -0.3 is 15.4 Å². The molecule has 1 unspecified atom stereocenters. The maximum absolute atomic E-state index is 12.1. The Balaban J connectivity index is 2.01. The lowest BCUT2D eigenvalue weighted by Gasteiger charge is -2.45. The van der Waals surface area contributed by atoms with Crippen LogP contribution in [0.2, 0.25) is 0 Å². The summed E-state index contributed by atoms with van der Waals surface area (Å²) in [6, 6.07) is 0.249. The topological polar surface area (TPSA) is 55.6 Å². The van der Waals surface area contributed by atoms with Gasteiger partial charge in [-0.1, -0.05) is 12.8 Å². The Morgan fingerprint density at radius 3 is 2.50 bits per heavy atom. The summed E-state index contributed by atoms with van der Waals surface area (Å²) in [5.41, 5.74) is 6.03. The van der Waals surface area contributed by atoms with Crippen LogP contribution < -0.4 is 5.73 Å². The molecule has 1 heterocycles. The van der Waals surface area contributed by atoms with Gasteiger partial charge in [-0.25, -0.2) is 4.79 Å². The van der Waals surface area contributed by atoms with Gasteiger partial charge in [-0.2, -0.15) is 0 Å². The van der Waals surface area contributed by atoms with E-state index >= 15 is 0 Å². The van der Waals surface area contributed by atoms with Crippen LogP contribution in [0.1, 0.15) is 52.9 Å². The summed E-state index contributed by atoms with van der Waals surface area (Å²) >= 11 is 0. The molecule has 0 aromatic carbocycles. The minimum Gasteiger partial charge on any atom is -0.444 e. The van der Waals surface area contributed by atoms with Gasteiger partial charge in [0.15, 0.2) is 0 Å². The predicted molar refractivity (Wildman–Crippen MR) is 71.3 cm³/mol. The van der Waals surface area contributed by atoms with Gasteiger partial charge in [0.25, 0.3) is 0 Å². The molecule has 0 radical (unpaired) electrons. The number of hydrogen-bond acceptors (Lipinski definition) is 3. The Hall–Kier alpha value is -0.770. The van der Waals surface area contributed by atoms with Crippen LogP contribution in [-0.2, 0) is 4.74 Å². The van der Waals surface area contributed by atoms with Crippen molar-refractivity contribution in [3.05, 3.63) is 0 Å². The van der Waals surface area contributed by atoms with E-state index in [1.54, 1.807) is 0 Å². The van der Waals surface area contributed by atoms with Crippen molar-refractivity contribution in [2.24, 2.45) is 11.1 Å². The minimum atomic E-state index is -0.417. The van der Waals surface area contributed by atoms with Crippen molar-refractivity contribution in [2.75, 3.05) is 13.1 Å². The molecular weight excluding hydrogens is 228 g/mol. The van der Waals surface area contributed by atoms with Gasteiger partial charge >= 0.3 is 6.09 Å². The molecule has 0 bridgehead atoms. The molecule has 104 valence electrons. The first kappa shape index (κ1) is 13.7. The highest BCUT2D eigenvalue weighted by Crippen LogP contribution is 2.44. The first-order valence-corrected chi connectivity index (χ1v) is 7.06. The Bertz CT molecular complexity index is 316. The third-order valence-electron chi connectivity index (χ3n) is 4.25. The maximum Gasteiger partial charge on any atom is 0.410 e. The van der Waals surface area contributed by atoms with Gasteiger partial charge in [-0.15, -0.1) is 0 Å². The van der Waals surface area contributed by atoms with Crippen LogP contribution in [0.25, 0.3) is 0 Å². The summed E-state index contributed by atoms with van der Waals surface area (Å²) in [4.78, 5) is 14.0. The molecule has 1 aliphatic heterocycles. The summed E-state index contributed by atoms with van der Waals surface area (Å²) in [6.45, 7) is 7.24. The number of carbonyl (C=O) groups excluding carboxylic acids is 1. The van der Waals surface area contributed by atoms with Gasteiger partial charge in [0.05, 0.1) is 0 Å². The SMILES string of the molecule is CC(C)(C)OC(=O)N1CCC(N)C2(CCCC2)C1. The summed E-state index contributed by atoms with van der Waals surface area (Å²) in [5, 5.41) is 0. The van der Waals surface area contributed by atoms with Crippen LogP contribution in [0.5, 0.6) is 0 Å². The Kier molecular flexibility index (Phi) is 3.58. The first-order valence-electron chi connectivity index (χ1n) is 7.06. The number of carbonyl (C=O) groups is 1. The molecular formula is C14H26N2O2. The molecule has 4 nitrogen and oxygen atoms in total. The Morgan fingerprint density at radius 1 is 1.33 bits per heavy atom. The van der Waals surface area contributed by atoms with Crippen LogP contribution in [0.15, 0.2) is 0 Å². The van der Waals surface area contributed by atoms with E-state index in [0.29, 0.717) is 0 Å². The lowest BCUT2D eigenvalue weighted by atomic mass is 9.75. The molecule has 1 amide bonds. The van der Waals surface area contributed by atoms with E-state index in [9.17, 15) is 4.79 Å². The first-order chi connectivity index (χ1) is 8.32. The van der Waals surface area contributed by atoms with Gasteiger partial charge in [0.1, 0.15) is 5.60 Å². The molecule has 1 atom stereocenters. The molecule has 1 aliphatic carbocycles. The molecule has 0 aromatic rings. The van der Waals surface area contributed by atoms with Crippen molar-refractivity contribution in [1.29, 1.82) is 0 Å². The van der Waals surface area contributed by atoms with Crippen molar-refractivity contribution in [2.45, 2.75) is 64.5 Å². The second-order valence-corrected chi connectivity index (χ2v) is 6.87. The standard InChI is InChI=1S/C14H26N2O2/c1-13(2,3)18-12(17)16-9-6-11(15)14(10-16)7-4-5-8-14/h11H,4-10,15H2,1-3H3. The highest BCUT2D eigenvalue weighted by atomic mass is 16.6. The largest absolute Gasteiger partial charge is 0.444 e. The average molecular weight is 254 g/mol. The molecule has 2 fully saturated rings. The van der Waals surface area contributed by atoms with Crippen molar-refractivity contribution >= 4 is 6.09 Å². The van der Waals surface area contributed by atoms with Crippen molar-refractivity contribution < 1.29 is 9.53 Å². The molecule has 0 aromatic heterocycles. The molecule has 18 heavy (non-hydrogen) atoms. The van der Waals surface area contributed by atoms with Crippen LogP contribution in [0.4, 0.5) is 4.79 Å². The molecule has 1 saturated heterocycles. The zero-order valence-corrected chi connectivity index (χ0v) is 11.9. The van der Waals surface area contributed by atoms with Crippen molar-refractivity contribution in [3.8, 4) is 0 Å². The van der Waals surface area contributed by atoms with E-state index in [4.69, 9.17) is 10.5 Å². The van der Waals surface area contributed by atoms with E-state index in [1.165, 1.54) is 12.8 Å². The number of rotatable bonds is 0. The summed E-state index contributed by atoms with van der Waals surface area (Å²) in [7, 11) is 0. The number of hydrogen-bond donors (Lipinski definition) is 1. The Morgan fingerprint density at radius 2 is 1.94 bits per heavy atom. The molecule has 2 N–H and O–H groups in total. The summed E-state index contributed by atoms with van der Waals surface area (Å²) in [6.07, 6.45) is 5.53. The molecule has 1 saturated carbocycles.